The quantitative estimate of drug-likeness (QED) is 0.500. The van der Waals surface area contributed by atoms with Gasteiger partial charge in [0.2, 0.25) is 0 Å². The number of amides is 2. The van der Waals surface area contributed by atoms with Crippen LogP contribution in [0.25, 0.3) is 0 Å². The molecule has 0 spiro atoms. The van der Waals surface area contributed by atoms with Crippen molar-refractivity contribution in [3.63, 3.8) is 0 Å². The summed E-state index contributed by atoms with van der Waals surface area (Å²) < 4.78 is 0. The standard InChI is InChI=1S/C9H16N6O3/c1-6(8-12-14-15-13-8)11-9(18)10-5-3-2-4-7(16)17/h6H,2-5H2,1H3,(H,16,17)(H2,10,11,18)(H,12,13,14,15). The highest BCUT2D eigenvalue weighted by Gasteiger charge is 2.12. The highest BCUT2D eigenvalue weighted by atomic mass is 16.4. The molecule has 1 heterocycles. The highest BCUT2D eigenvalue weighted by Crippen LogP contribution is 2.02. The van der Waals surface area contributed by atoms with Crippen molar-refractivity contribution in [1.29, 1.82) is 0 Å². The number of unbranched alkanes of at least 4 members (excludes halogenated alkanes) is 1. The predicted molar refractivity (Wildman–Crippen MR) is 60.6 cm³/mol. The van der Waals surface area contributed by atoms with Gasteiger partial charge < -0.3 is 15.7 Å². The summed E-state index contributed by atoms with van der Waals surface area (Å²) in [6.45, 7) is 2.16. The number of nitrogens with one attached hydrogen (secondary N) is 3. The Hall–Kier alpha value is -2.19. The number of hydrogen-bond donors (Lipinski definition) is 4. The number of hydrogen-bond acceptors (Lipinski definition) is 5. The first-order chi connectivity index (χ1) is 8.59. The summed E-state index contributed by atoms with van der Waals surface area (Å²) in [7, 11) is 0. The second-order valence-electron chi connectivity index (χ2n) is 3.74. The van der Waals surface area contributed by atoms with Gasteiger partial charge in [-0.3, -0.25) is 4.79 Å². The van der Waals surface area contributed by atoms with Crippen molar-refractivity contribution in [2.75, 3.05) is 6.54 Å². The molecule has 0 aliphatic rings. The zero-order valence-corrected chi connectivity index (χ0v) is 10.0. The van der Waals surface area contributed by atoms with Crippen molar-refractivity contribution in [2.24, 2.45) is 0 Å². The van der Waals surface area contributed by atoms with E-state index in [-0.39, 0.29) is 18.5 Å². The lowest BCUT2D eigenvalue weighted by atomic mass is 10.2. The van der Waals surface area contributed by atoms with Gasteiger partial charge in [0, 0.05) is 13.0 Å². The van der Waals surface area contributed by atoms with E-state index in [9.17, 15) is 9.59 Å². The predicted octanol–water partition coefficient (Wildman–Crippen LogP) is -0.185. The summed E-state index contributed by atoms with van der Waals surface area (Å²) in [6, 6.07) is -0.689. The molecule has 0 fully saturated rings. The number of carbonyl (C=O) groups excluding carboxylic acids is 1. The Morgan fingerprint density at radius 1 is 1.44 bits per heavy atom. The molecule has 0 saturated carbocycles. The van der Waals surface area contributed by atoms with Crippen molar-refractivity contribution in [2.45, 2.75) is 32.2 Å². The Bertz CT molecular complexity index is 380. The molecule has 0 aliphatic heterocycles. The van der Waals surface area contributed by atoms with Crippen LogP contribution in [-0.2, 0) is 4.79 Å². The van der Waals surface area contributed by atoms with Crippen LogP contribution in [0.15, 0.2) is 0 Å². The number of carboxylic acid groups (broad SMARTS) is 1. The van der Waals surface area contributed by atoms with Gasteiger partial charge in [-0.15, -0.1) is 10.2 Å². The Morgan fingerprint density at radius 2 is 2.22 bits per heavy atom. The number of tetrazole rings is 1. The average Bonchev–Trinajstić information content (AvgIpc) is 2.81. The van der Waals surface area contributed by atoms with Gasteiger partial charge in [-0.25, -0.2) is 4.79 Å². The van der Waals surface area contributed by atoms with Gasteiger partial charge >= 0.3 is 12.0 Å². The monoisotopic (exact) mass is 256 g/mol. The van der Waals surface area contributed by atoms with E-state index in [1.807, 2.05) is 0 Å². The molecule has 1 unspecified atom stereocenters. The van der Waals surface area contributed by atoms with Gasteiger partial charge in [-0.2, -0.15) is 5.21 Å². The van der Waals surface area contributed by atoms with Crippen LogP contribution in [0.3, 0.4) is 0 Å². The summed E-state index contributed by atoms with van der Waals surface area (Å²) in [5.74, 6) is -0.429. The number of H-pyrrole nitrogens is 1. The molecule has 0 aromatic carbocycles. The number of nitrogens with zero attached hydrogens (tertiary/aromatic N) is 3. The maximum atomic E-state index is 11.4. The Balaban J connectivity index is 2.12. The number of urea groups is 1. The van der Waals surface area contributed by atoms with Gasteiger partial charge in [0.25, 0.3) is 0 Å². The summed E-state index contributed by atoms with van der Waals surface area (Å²) in [6.07, 6.45) is 1.27. The van der Waals surface area contributed by atoms with Crippen LogP contribution in [-0.4, -0.2) is 44.3 Å². The van der Waals surface area contributed by atoms with Crippen molar-refractivity contribution >= 4 is 12.0 Å². The molecule has 0 radical (unpaired) electrons. The molecule has 1 aromatic heterocycles. The van der Waals surface area contributed by atoms with Crippen LogP contribution in [0.4, 0.5) is 4.79 Å². The minimum atomic E-state index is -0.829. The van der Waals surface area contributed by atoms with Gasteiger partial charge in [-0.1, -0.05) is 5.21 Å². The van der Waals surface area contributed by atoms with Crippen LogP contribution < -0.4 is 10.6 Å². The van der Waals surface area contributed by atoms with Gasteiger partial charge in [0.05, 0.1) is 6.04 Å². The average molecular weight is 256 g/mol. The third kappa shape index (κ3) is 5.23. The molecule has 18 heavy (non-hydrogen) atoms. The molecule has 4 N–H and O–H groups in total. The Kier molecular flexibility index (Phi) is 5.55. The normalized spacial score (nSPS) is 11.8. The number of carboxylic acids is 1. The van der Waals surface area contributed by atoms with E-state index in [0.29, 0.717) is 25.2 Å². The fourth-order valence-electron chi connectivity index (χ4n) is 1.27. The maximum Gasteiger partial charge on any atom is 0.315 e. The van der Waals surface area contributed by atoms with Crippen molar-refractivity contribution < 1.29 is 14.7 Å². The summed E-state index contributed by atoms with van der Waals surface area (Å²) in [5.41, 5.74) is 0. The summed E-state index contributed by atoms with van der Waals surface area (Å²) in [4.78, 5) is 21.7. The van der Waals surface area contributed by atoms with E-state index in [4.69, 9.17) is 5.11 Å². The maximum absolute atomic E-state index is 11.4. The zero-order chi connectivity index (χ0) is 13.4. The van der Waals surface area contributed by atoms with E-state index in [0.717, 1.165) is 0 Å². The molecule has 0 saturated heterocycles. The largest absolute Gasteiger partial charge is 0.481 e. The second-order valence-corrected chi connectivity index (χ2v) is 3.74. The van der Waals surface area contributed by atoms with Crippen LogP contribution in [0, 0.1) is 0 Å². The number of rotatable bonds is 7. The van der Waals surface area contributed by atoms with Crippen LogP contribution in [0.5, 0.6) is 0 Å². The van der Waals surface area contributed by atoms with Crippen molar-refractivity contribution in [3.8, 4) is 0 Å². The molecule has 9 heteroatoms. The first-order valence-electron chi connectivity index (χ1n) is 5.59. The molecule has 1 aromatic rings. The highest BCUT2D eigenvalue weighted by molar-refractivity contribution is 5.74. The van der Waals surface area contributed by atoms with Crippen molar-refractivity contribution in [1.82, 2.24) is 31.3 Å². The Labute approximate surface area is 103 Å². The van der Waals surface area contributed by atoms with E-state index in [1.54, 1.807) is 6.92 Å². The van der Waals surface area contributed by atoms with Crippen molar-refractivity contribution in [3.05, 3.63) is 5.82 Å². The fraction of sp³-hybridized carbons (Fsp3) is 0.667. The minimum Gasteiger partial charge on any atom is -0.481 e. The van der Waals surface area contributed by atoms with Gasteiger partial charge in [0.15, 0.2) is 5.82 Å². The van der Waals surface area contributed by atoms with E-state index < -0.39 is 5.97 Å². The van der Waals surface area contributed by atoms with Gasteiger partial charge in [-0.05, 0) is 19.8 Å². The molecule has 9 nitrogen and oxygen atoms in total. The topological polar surface area (TPSA) is 133 Å². The molecule has 2 amide bonds. The molecular weight excluding hydrogens is 240 g/mol. The number of aromatic amines is 1. The van der Waals surface area contributed by atoms with Crippen LogP contribution in [0.2, 0.25) is 0 Å². The molecule has 1 atom stereocenters. The fourth-order valence-corrected chi connectivity index (χ4v) is 1.27. The lowest BCUT2D eigenvalue weighted by Gasteiger charge is -2.10. The summed E-state index contributed by atoms with van der Waals surface area (Å²) in [5, 5.41) is 26.8. The first kappa shape index (κ1) is 13.9. The molecular formula is C9H16N6O3. The lowest BCUT2D eigenvalue weighted by Crippen LogP contribution is -2.37. The Morgan fingerprint density at radius 3 is 2.83 bits per heavy atom. The first-order valence-corrected chi connectivity index (χ1v) is 5.59. The van der Waals surface area contributed by atoms with Gasteiger partial charge in [0.1, 0.15) is 0 Å². The molecule has 1 rings (SSSR count). The zero-order valence-electron chi connectivity index (χ0n) is 10.0. The number of carbonyl (C=O) groups is 2. The molecule has 0 bridgehead atoms. The SMILES string of the molecule is CC(NC(=O)NCCCCC(=O)O)c1nn[nH]n1. The van der Waals surface area contributed by atoms with E-state index >= 15 is 0 Å². The number of aromatic nitrogens is 4. The second kappa shape index (κ2) is 7.20. The smallest absolute Gasteiger partial charge is 0.315 e. The molecule has 0 aliphatic carbocycles. The lowest BCUT2D eigenvalue weighted by molar-refractivity contribution is -0.137. The molecule has 100 valence electrons. The van der Waals surface area contributed by atoms with E-state index in [2.05, 4.69) is 31.3 Å². The van der Waals surface area contributed by atoms with E-state index in [1.165, 1.54) is 0 Å². The summed E-state index contributed by atoms with van der Waals surface area (Å²) >= 11 is 0. The van der Waals surface area contributed by atoms with Crippen LogP contribution >= 0.6 is 0 Å². The third-order valence-electron chi connectivity index (χ3n) is 2.20. The minimum absolute atomic E-state index is 0.114. The third-order valence-corrected chi connectivity index (χ3v) is 2.20. The van der Waals surface area contributed by atoms with Crippen LogP contribution in [0.1, 0.15) is 38.1 Å². The number of aliphatic carboxylic acids is 1.